The Morgan fingerprint density at radius 2 is 1.85 bits per heavy atom. The highest BCUT2D eigenvalue weighted by molar-refractivity contribution is 9.11. The van der Waals surface area contributed by atoms with Gasteiger partial charge in [0.2, 0.25) is 0 Å². The van der Waals surface area contributed by atoms with Crippen LogP contribution < -0.4 is 5.32 Å². The van der Waals surface area contributed by atoms with Crippen molar-refractivity contribution in [3.8, 4) is 0 Å². The largest absolute Gasteiger partial charge is 0.317 e. The molecule has 0 bridgehead atoms. The zero-order chi connectivity index (χ0) is 14.9. The van der Waals surface area contributed by atoms with Crippen molar-refractivity contribution in [1.29, 1.82) is 0 Å². The van der Waals surface area contributed by atoms with Crippen molar-refractivity contribution >= 4 is 43.5 Å². The Hall–Kier alpha value is -1.27. The lowest BCUT2D eigenvalue weighted by atomic mass is 10.1. The Morgan fingerprint density at radius 3 is 2.50 bits per heavy atom. The summed E-state index contributed by atoms with van der Waals surface area (Å²) in [4.78, 5) is 12.1. The first-order chi connectivity index (χ1) is 9.40. The van der Waals surface area contributed by atoms with E-state index in [1.807, 2.05) is 0 Å². The average molecular weight is 405 g/mol. The summed E-state index contributed by atoms with van der Waals surface area (Å²) in [5.41, 5.74) is 0.106. The number of benzene rings is 2. The molecule has 1 N–H and O–H groups in total. The Morgan fingerprint density at radius 1 is 1.15 bits per heavy atom. The van der Waals surface area contributed by atoms with E-state index in [9.17, 15) is 13.6 Å². The molecule has 0 aromatic heterocycles. The predicted octanol–water partition coefficient (Wildman–Crippen LogP) is 5.05. The average Bonchev–Trinajstić information content (AvgIpc) is 2.39. The second kappa shape index (κ2) is 6.01. The maximum atomic E-state index is 13.8. The van der Waals surface area contributed by atoms with Crippen molar-refractivity contribution in [3.63, 3.8) is 0 Å². The molecule has 0 saturated heterocycles. The van der Waals surface area contributed by atoms with Gasteiger partial charge in [0.25, 0.3) is 5.91 Å². The molecule has 0 aliphatic rings. The Balaban J connectivity index is 2.35. The van der Waals surface area contributed by atoms with Crippen LogP contribution in [0.2, 0.25) is 0 Å². The number of hydrogen-bond acceptors (Lipinski definition) is 1. The van der Waals surface area contributed by atoms with E-state index >= 15 is 0 Å². The summed E-state index contributed by atoms with van der Waals surface area (Å²) >= 11 is 6.50. The summed E-state index contributed by atoms with van der Waals surface area (Å²) in [6, 6.07) is 7.33. The molecule has 2 rings (SSSR count). The molecule has 0 radical (unpaired) electrons. The molecule has 6 heteroatoms. The summed E-state index contributed by atoms with van der Waals surface area (Å²) in [6.07, 6.45) is 0. The molecule has 0 aliphatic carbocycles. The fraction of sp³-hybridized carbons (Fsp3) is 0.0714. The minimum atomic E-state index is -0.810. The van der Waals surface area contributed by atoms with Gasteiger partial charge < -0.3 is 5.32 Å². The lowest BCUT2D eigenvalue weighted by molar-refractivity contribution is 0.102. The maximum absolute atomic E-state index is 13.8. The SMILES string of the molecule is Cc1ccc(F)c(NC(=O)c2ccc(Br)cc2Br)c1F. The number of aryl methyl sites for hydroxylation is 1. The minimum Gasteiger partial charge on any atom is -0.317 e. The van der Waals surface area contributed by atoms with Crippen LogP contribution in [0, 0.1) is 18.6 Å². The molecule has 1 amide bonds. The van der Waals surface area contributed by atoms with E-state index < -0.39 is 23.2 Å². The van der Waals surface area contributed by atoms with Crippen LogP contribution in [0.4, 0.5) is 14.5 Å². The number of rotatable bonds is 2. The molecular formula is C14H9Br2F2NO. The monoisotopic (exact) mass is 403 g/mol. The van der Waals surface area contributed by atoms with Crippen LogP contribution in [0.5, 0.6) is 0 Å². The van der Waals surface area contributed by atoms with Crippen molar-refractivity contribution in [2.24, 2.45) is 0 Å². The van der Waals surface area contributed by atoms with Crippen LogP contribution in [0.25, 0.3) is 0 Å². The van der Waals surface area contributed by atoms with Crippen LogP contribution in [0.15, 0.2) is 39.3 Å². The molecule has 0 atom stereocenters. The second-order valence-electron chi connectivity index (χ2n) is 4.13. The number of halogens is 4. The van der Waals surface area contributed by atoms with E-state index in [0.717, 1.165) is 10.5 Å². The van der Waals surface area contributed by atoms with Crippen molar-refractivity contribution in [2.75, 3.05) is 5.32 Å². The predicted molar refractivity (Wildman–Crippen MR) is 80.9 cm³/mol. The summed E-state index contributed by atoms with van der Waals surface area (Å²) in [6.45, 7) is 1.50. The Labute approximate surface area is 131 Å². The normalized spacial score (nSPS) is 10.4. The maximum Gasteiger partial charge on any atom is 0.256 e. The van der Waals surface area contributed by atoms with Gasteiger partial charge in [-0.2, -0.15) is 0 Å². The number of carbonyl (C=O) groups excluding carboxylic acids is 1. The molecular weight excluding hydrogens is 396 g/mol. The standard InChI is InChI=1S/C14H9Br2F2NO/c1-7-2-5-11(17)13(12(7)18)19-14(20)9-4-3-8(15)6-10(9)16/h2-6H,1H3,(H,19,20). The van der Waals surface area contributed by atoms with Gasteiger partial charge in [-0.05, 0) is 52.7 Å². The van der Waals surface area contributed by atoms with Crippen LogP contribution in [0.3, 0.4) is 0 Å². The van der Waals surface area contributed by atoms with Gasteiger partial charge in [0.1, 0.15) is 11.5 Å². The van der Waals surface area contributed by atoms with Gasteiger partial charge in [0, 0.05) is 8.95 Å². The molecule has 0 aliphatic heterocycles. The first-order valence-corrected chi connectivity index (χ1v) is 7.19. The molecule has 0 unspecified atom stereocenters. The van der Waals surface area contributed by atoms with E-state index in [1.54, 1.807) is 18.2 Å². The number of amides is 1. The second-order valence-corrected chi connectivity index (χ2v) is 5.90. The third kappa shape index (κ3) is 3.07. The fourth-order valence-corrected chi connectivity index (χ4v) is 2.85. The van der Waals surface area contributed by atoms with Crippen molar-refractivity contribution in [2.45, 2.75) is 6.92 Å². The van der Waals surface area contributed by atoms with Crippen molar-refractivity contribution in [1.82, 2.24) is 0 Å². The number of carbonyl (C=O) groups is 1. The van der Waals surface area contributed by atoms with Crippen molar-refractivity contribution < 1.29 is 13.6 Å². The van der Waals surface area contributed by atoms with E-state index in [0.29, 0.717) is 4.47 Å². The van der Waals surface area contributed by atoms with Gasteiger partial charge >= 0.3 is 0 Å². The van der Waals surface area contributed by atoms with Crippen LogP contribution in [0.1, 0.15) is 15.9 Å². The van der Waals surface area contributed by atoms with E-state index in [2.05, 4.69) is 37.2 Å². The van der Waals surface area contributed by atoms with E-state index in [4.69, 9.17) is 0 Å². The van der Waals surface area contributed by atoms with Gasteiger partial charge in [0.05, 0.1) is 5.56 Å². The van der Waals surface area contributed by atoms with Gasteiger partial charge in [0.15, 0.2) is 5.82 Å². The van der Waals surface area contributed by atoms with Gasteiger partial charge in [-0.15, -0.1) is 0 Å². The molecule has 2 nitrogen and oxygen atoms in total. The number of nitrogens with one attached hydrogen (secondary N) is 1. The highest BCUT2D eigenvalue weighted by Gasteiger charge is 2.17. The van der Waals surface area contributed by atoms with E-state index in [-0.39, 0.29) is 11.1 Å². The quantitative estimate of drug-likeness (QED) is 0.745. The van der Waals surface area contributed by atoms with E-state index in [1.165, 1.54) is 13.0 Å². The van der Waals surface area contributed by atoms with Gasteiger partial charge in [-0.3, -0.25) is 4.79 Å². The number of anilines is 1. The molecule has 0 heterocycles. The Kier molecular flexibility index (Phi) is 4.55. The molecule has 0 fully saturated rings. The first kappa shape index (κ1) is 15.1. The highest BCUT2D eigenvalue weighted by Crippen LogP contribution is 2.25. The lowest BCUT2D eigenvalue weighted by Crippen LogP contribution is -2.15. The first-order valence-electron chi connectivity index (χ1n) is 5.61. The fourth-order valence-electron chi connectivity index (χ4n) is 1.63. The van der Waals surface area contributed by atoms with Crippen molar-refractivity contribution in [3.05, 3.63) is 62.0 Å². The zero-order valence-corrected chi connectivity index (χ0v) is 13.5. The van der Waals surface area contributed by atoms with Crippen LogP contribution in [-0.2, 0) is 0 Å². The Bertz CT molecular complexity index is 689. The topological polar surface area (TPSA) is 29.1 Å². The minimum absolute atomic E-state index is 0.261. The van der Waals surface area contributed by atoms with Crippen LogP contribution >= 0.6 is 31.9 Å². The lowest BCUT2D eigenvalue weighted by Gasteiger charge is -2.10. The molecule has 0 saturated carbocycles. The summed E-state index contributed by atoms with van der Waals surface area (Å²) in [5.74, 6) is -2.17. The third-order valence-corrected chi connectivity index (χ3v) is 3.85. The van der Waals surface area contributed by atoms with Gasteiger partial charge in [-0.25, -0.2) is 8.78 Å². The molecule has 2 aromatic rings. The zero-order valence-electron chi connectivity index (χ0n) is 10.3. The summed E-state index contributed by atoms with van der Waals surface area (Å²) < 4.78 is 28.7. The third-order valence-electron chi connectivity index (χ3n) is 2.70. The molecule has 20 heavy (non-hydrogen) atoms. The molecule has 2 aromatic carbocycles. The summed E-state index contributed by atoms with van der Waals surface area (Å²) in [7, 11) is 0. The van der Waals surface area contributed by atoms with Gasteiger partial charge in [-0.1, -0.05) is 22.0 Å². The highest BCUT2D eigenvalue weighted by atomic mass is 79.9. The number of hydrogen-bond donors (Lipinski definition) is 1. The molecule has 0 spiro atoms. The smallest absolute Gasteiger partial charge is 0.256 e. The van der Waals surface area contributed by atoms with Crippen LogP contribution in [-0.4, -0.2) is 5.91 Å². The molecule has 104 valence electrons. The summed E-state index contributed by atoms with van der Waals surface area (Å²) in [5, 5.41) is 2.26.